The molecule has 30 heavy (non-hydrogen) atoms. The third-order valence-corrected chi connectivity index (χ3v) is 4.72. The predicted octanol–water partition coefficient (Wildman–Crippen LogP) is 2.79. The van der Waals surface area contributed by atoms with Crippen molar-refractivity contribution in [2.75, 3.05) is 24.6 Å². The van der Waals surface area contributed by atoms with Crippen LogP contribution < -0.4 is 10.2 Å². The summed E-state index contributed by atoms with van der Waals surface area (Å²) in [7, 11) is 0. The van der Waals surface area contributed by atoms with Gasteiger partial charge in [0.05, 0.1) is 12.5 Å². The van der Waals surface area contributed by atoms with Crippen molar-refractivity contribution in [3.8, 4) is 11.4 Å². The number of ether oxygens (including phenoxy) is 1. The van der Waals surface area contributed by atoms with E-state index in [0.717, 1.165) is 24.2 Å². The van der Waals surface area contributed by atoms with Crippen molar-refractivity contribution in [1.82, 2.24) is 15.5 Å². The molecule has 0 bridgehead atoms. The number of nitrogens with one attached hydrogen (secondary N) is 1. The largest absolute Gasteiger partial charge is 0.490 e. The van der Waals surface area contributed by atoms with Crippen LogP contribution in [0, 0.1) is 0 Å². The number of amides is 1. The van der Waals surface area contributed by atoms with E-state index < -0.39 is 12.1 Å². The number of cyclic esters (lactones) is 1. The molecule has 2 aliphatic heterocycles. The third-order valence-electron chi connectivity index (χ3n) is 4.72. The lowest BCUT2D eigenvalue weighted by molar-refractivity contribution is -0.192. The number of carbonyl (C=O) groups is 2. The van der Waals surface area contributed by atoms with Crippen LogP contribution in [-0.4, -0.2) is 59.2 Å². The number of alkyl halides is 3. The monoisotopic (exact) mass is 428 g/mol. The minimum absolute atomic E-state index is 0.273. The zero-order chi connectivity index (χ0) is 21.9. The Morgan fingerprint density at radius 2 is 1.97 bits per heavy atom. The number of carbonyl (C=O) groups excluding carboxylic acids is 1. The molecule has 1 aromatic carbocycles. The minimum atomic E-state index is -5.08. The van der Waals surface area contributed by atoms with Gasteiger partial charge in [-0.3, -0.25) is 4.90 Å². The Hall–Kier alpha value is -3.15. The van der Waals surface area contributed by atoms with Gasteiger partial charge >= 0.3 is 18.2 Å². The van der Waals surface area contributed by atoms with Crippen LogP contribution in [0.25, 0.3) is 11.4 Å². The number of carboxylic acid groups (broad SMARTS) is 1. The number of aliphatic carboxylic acids is 1. The molecule has 2 N–H and O–H groups in total. The summed E-state index contributed by atoms with van der Waals surface area (Å²) in [6.07, 6.45) is -4.37. The van der Waals surface area contributed by atoms with E-state index in [1.807, 2.05) is 24.3 Å². The summed E-state index contributed by atoms with van der Waals surface area (Å²) in [5, 5.41) is 14.6. The summed E-state index contributed by atoms with van der Waals surface area (Å²) in [6, 6.07) is 7.89. The number of carboxylic acids is 1. The van der Waals surface area contributed by atoms with Gasteiger partial charge in [0.25, 0.3) is 0 Å². The van der Waals surface area contributed by atoms with Crippen molar-refractivity contribution >= 4 is 17.7 Å². The molecule has 0 radical (unpaired) electrons. The molecule has 0 saturated carbocycles. The predicted molar refractivity (Wildman–Crippen MR) is 96.9 cm³/mol. The number of rotatable bonds is 3. The normalized spacial score (nSPS) is 21.2. The van der Waals surface area contributed by atoms with Crippen LogP contribution in [0.4, 0.5) is 23.7 Å². The SMILES string of the molecule is CC1NCCC1c1nc(-c2ccc(N3CCOC3=O)cc2)no1.O=C(O)C(F)(F)F. The lowest BCUT2D eigenvalue weighted by Crippen LogP contribution is -2.23. The zero-order valence-corrected chi connectivity index (χ0v) is 15.8. The van der Waals surface area contributed by atoms with Crippen LogP contribution in [0.1, 0.15) is 25.2 Å². The Kier molecular flexibility index (Phi) is 6.25. The molecule has 9 nitrogen and oxygen atoms in total. The number of hydrogen-bond donors (Lipinski definition) is 2. The van der Waals surface area contributed by atoms with Crippen molar-refractivity contribution in [2.45, 2.75) is 31.5 Å². The molecule has 0 spiro atoms. The van der Waals surface area contributed by atoms with E-state index in [2.05, 4.69) is 22.4 Å². The van der Waals surface area contributed by atoms with Gasteiger partial charge in [-0.1, -0.05) is 5.16 Å². The second-order valence-electron chi connectivity index (χ2n) is 6.71. The first kappa shape index (κ1) is 21.6. The summed E-state index contributed by atoms with van der Waals surface area (Å²) in [6.45, 7) is 4.12. The van der Waals surface area contributed by atoms with Crippen LogP contribution in [0.5, 0.6) is 0 Å². The van der Waals surface area contributed by atoms with Crippen LogP contribution >= 0.6 is 0 Å². The van der Waals surface area contributed by atoms with Crippen molar-refractivity contribution in [3.05, 3.63) is 30.2 Å². The fourth-order valence-corrected chi connectivity index (χ4v) is 3.12. The van der Waals surface area contributed by atoms with Gasteiger partial charge in [-0.25, -0.2) is 9.59 Å². The van der Waals surface area contributed by atoms with Crippen molar-refractivity contribution in [1.29, 1.82) is 0 Å². The van der Waals surface area contributed by atoms with E-state index in [1.54, 1.807) is 4.90 Å². The highest BCUT2D eigenvalue weighted by molar-refractivity contribution is 5.89. The maximum Gasteiger partial charge on any atom is 0.490 e. The van der Waals surface area contributed by atoms with E-state index in [4.69, 9.17) is 19.2 Å². The number of anilines is 1. The van der Waals surface area contributed by atoms with Gasteiger partial charge in [-0.05, 0) is 44.2 Å². The maximum absolute atomic E-state index is 11.6. The van der Waals surface area contributed by atoms with Gasteiger partial charge in [0, 0.05) is 17.3 Å². The molecule has 2 unspecified atom stereocenters. The maximum atomic E-state index is 11.6. The molecule has 0 aliphatic carbocycles. The smallest absolute Gasteiger partial charge is 0.475 e. The number of aromatic nitrogens is 2. The van der Waals surface area contributed by atoms with Crippen LogP contribution in [0.15, 0.2) is 28.8 Å². The lowest BCUT2D eigenvalue weighted by atomic mass is 10.0. The summed E-state index contributed by atoms with van der Waals surface area (Å²) < 4.78 is 42.1. The van der Waals surface area contributed by atoms with E-state index in [9.17, 15) is 18.0 Å². The molecule has 1 aromatic heterocycles. The van der Waals surface area contributed by atoms with Gasteiger partial charge in [-0.15, -0.1) is 0 Å². The van der Waals surface area contributed by atoms with Gasteiger partial charge in [0.15, 0.2) is 0 Å². The first-order chi connectivity index (χ1) is 14.2. The first-order valence-corrected chi connectivity index (χ1v) is 9.08. The third kappa shape index (κ3) is 4.87. The highest BCUT2D eigenvalue weighted by Gasteiger charge is 2.38. The van der Waals surface area contributed by atoms with Crippen molar-refractivity contribution < 1.29 is 37.1 Å². The summed E-state index contributed by atoms with van der Waals surface area (Å²) in [4.78, 5) is 26.6. The van der Waals surface area contributed by atoms with Gasteiger partial charge < -0.3 is 19.7 Å². The summed E-state index contributed by atoms with van der Waals surface area (Å²) >= 11 is 0. The van der Waals surface area contributed by atoms with Crippen LogP contribution in [0.3, 0.4) is 0 Å². The van der Waals surface area contributed by atoms with Gasteiger partial charge in [-0.2, -0.15) is 18.2 Å². The Morgan fingerprint density at radius 1 is 1.30 bits per heavy atom. The summed E-state index contributed by atoms with van der Waals surface area (Å²) in [5.74, 6) is -1.22. The Balaban J connectivity index is 0.000000318. The van der Waals surface area contributed by atoms with Crippen LogP contribution in [-0.2, 0) is 9.53 Å². The van der Waals surface area contributed by atoms with Crippen molar-refractivity contribution in [2.24, 2.45) is 0 Å². The molecule has 2 saturated heterocycles. The van der Waals surface area contributed by atoms with Gasteiger partial charge in [0.1, 0.15) is 6.61 Å². The molecule has 1 amide bonds. The van der Waals surface area contributed by atoms with E-state index >= 15 is 0 Å². The molecule has 2 fully saturated rings. The molecular weight excluding hydrogens is 409 g/mol. The molecule has 4 rings (SSSR count). The summed E-state index contributed by atoms with van der Waals surface area (Å²) in [5.41, 5.74) is 1.68. The quantitative estimate of drug-likeness (QED) is 0.766. The fourth-order valence-electron chi connectivity index (χ4n) is 3.12. The molecule has 2 aliphatic rings. The zero-order valence-electron chi connectivity index (χ0n) is 15.8. The molecule has 3 heterocycles. The highest BCUT2D eigenvalue weighted by atomic mass is 19.4. The van der Waals surface area contributed by atoms with E-state index in [0.29, 0.717) is 30.9 Å². The molecular formula is C18H19F3N4O5. The second kappa shape index (κ2) is 8.69. The topological polar surface area (TPSA) is 118 Å². The first-order valence-electron chi connectivity index (χ1n) is 9.08. The second-order valence-corrected chi connectivity index (χ2v) is 6.71. The lowest BCUT2D eigenvalue weighted by Gasteiger charge is -2.12. The highest BCUT2D eigenvalue weighted by Crippen LogP contribution is 2.29. The number of halogens is 3. The van der Waals surface area contributed by atoms with Crippen molar-refractivity contribution in [3.63, 3.8) is 0 Å². The number of hydrogen-bond acceptors (Lipinski definition) is 7. The Bertz CT molecular complexity index is 900. The van der Waals surface area contributed by atoms with E-state index in [1.165, 1.54) is 0 Å². The average molecular weight is 428 g/mol. The minimum Gasteiger partial charge on any atom is -0.475 e. The Labute approximate surface area is 168 Å². The number of benzene rings is 1. The molecule has 2 aromatic rings. The molecule has 162 valence electrons. The number of nitrogens with zero attached hydrogens (tertiary/aromatic N) is 3. The van der Waals surface area contributed by atoms with Gasteiger partial charge in [0.2, 0.25) is 11.7 Å². The standard InChI is InChI=1S/C16H18N4O3.C2HF3O2/c1-10-13(6-7-17-10)15-18-14(19-23-15)11-2-4-12(5-3-11)20-8-9-22-16(20)21;3-2(4,5)1(6)7/h2-5,10,13,17H,6-9H2,1H3;(H,6,7). The average Bonchev–Trinajstić information content (AvgIpc) is 3.42. The fraction of sp³-hybridized carbons (Fsp3) is 0.444. The molecule has 2 atom stereocenters. The molecule has 12 heteroatoms. The Morgan fingerprint density at radius 3 is 2.47 bits per heavy atom. The van der Waals surface area contributed by atoms with Crippen LogP contribution in [0.2, 0.25) is 0 Å². The van der Waals surface area contributed by atoms with E-state index in [-0.39, 0.29) is 12.0 Å².